The maximum atomic E-state index is 9.15. The van der Waals surface area contributed by atoms with E-state index in [1.54, 1.807) is 30.1 Å². The summed E-state index contributed by atoms with van der Waals surface area (Å²) in [5.41, 5.74) is 6.77. The van der Waals surface area contributed by atoms with Crippen LogP contribution in [-0.2, 0) is 5.75 Å². The van der Waals surface area contributed by atoms with Gasteiger partial charge in [0.1, 0.15) is 11.6 Å². The van der Waals surface area contributed by atoms with Crippen LogP contribution in [0.2, 0.25) is 0 Å². The fourth-order valence-electron chi connectivity index (χ4n) is 1.28. The highest BCUT2D eigenvalue weighted by atomic mass is 32.2. The van der Waals surface area contributed by atoms with E-state index >= 15 is 0 Å². The first-order valence-corrected chi connectivity index (χ1v) is 5.85. The molecule has 0 atom stereocenters. The number of hydrogen-bond donors (Lipinski definition) is 2. The predicted octanol–water partition coefficient (Wildman–Crippen LogP) is 2.66. The van der Waals surface area contributed by atoms with Gasteiger partial charge in [-0.15, -0.1) is 11.8 Å². The molecule has 82 valence electrons. The van der Waals surface area contributed by atoms with E-state index < -0.39 is 0 Å². The molecular weight excluding hydrogens is 220 g/mol. The molecule has 0 saturated heterocycles. The molecule has 0 spiro atoms. The van der Waals surface area contributed by atoms with E-state index in [0.717, 1.165) is 16.2 Å². The van der Waals surface area contributed by atoms with Crippen molar-refractivity contribution in [1.82, 2.24) is 4.98 Å². The van der Waals surface area contributed by atoms with Gasteiger partial charge in [0.2, 0.25) is 0 Å². The number of nitrogens with zero attached hydrogens (tertiary/aromatic N) is 1. The van der Waals surface area contributed by atoms with Crippen molar-refractivity contribution in [2.24, 2.45) is 0 Å². The monoisotopic (exact) mass is 232 g/mol. The number of aromatic nitrogens is 1. The first kappa shape index (κ1) is 10.8. The summed E-state index contributed by atoms with van der Waals surface area (Å²) in [4.78, 5) is 5.13. The number of rotatable bonds is 3. The second-order valence-electron chi connectivity index (χ2n) is 3.33. The summed E-state index contributed by atoms with van der Waals surface area (Å²) in [5.74, 6) is 1.64. The summed E-state index contributed by atoms with van der Waals surface area (Å²) in [6, 6.07) is 11.0. The number of nitrogens with two attached hydrogens (primary N) is 1. The minimum atomic E-state index is 0.283. The van der Waals surface area contributed by atoms with E-state index in [4.69, 9.17) is 10.8 Å². The molecule has 3 N–H and O–H groups in total. The van der Waals surface area contributed by atoms with Gasteiger partial charge < -0.3 is 10.8 Å². The van der Waals surface area contributed by atoms with Crippen molar-refractivity contribution < 1.29 is 5.11 Å². The average molecular weight is 232 g/mol. The number of aromatic hydroxyl groups is 1. The molecule has 1 aromatic heterocycles. The highest BCUT2D eigenvalue weighted by molar-refractivity contribution is 7.98. The Morgan fingerprint density at radius 2 is 1.94 bits per heavy atom. The molecule has 0 aliphatic carbocycles. The molecule has 1 heterocycles. The molecule has 2 aromatic rings. The molecular formula is C12H12N2OS. The number of phenolic OH excluding ortho intramolecular Hbond substituents is 1. The van der Waals surface area contributed by atoms with E-state index in [2.05, 4.69) is 4.98 Å². The topological polar surface area (TPSA) is 59.1 Å². The van der Waals surface area contributed by atoms with Crippen molar-refractivity contribution in [1.29, 1.82) is 0 Å². The van der Waals surface area contributed by atoms with Gasteiger partial charge in [0.15, 0.2) is 0 Å². The lowest BCUT2D eigenvalue weighted by Crippen LogP contribution is -1.94. The normalized spacial score (nSPS) is 10.2. The summed E-state index contributed by atoms with van der Waals surface area (Å²) in [5, 5.41) is 9.15. The van der Waals surface area contributed by atoms with Gasteiger partial charge in [0.05, 0.1) is 0 Å². The third kappa shape index (κ3) is 2.67. The molecule has 0 saturated carbocycles. The fraction of sp³-hybridized carbons (Fsp3) is 0.0833. The minimum Gasteiger partial charge on any atom is -0.508 e. The Morgan fingerprint density at radius 1 is 1.19 bits per heavy atom. The highest BCUT2D eigenvalue weighted by Crippen LogP contribution is 2.25. The third-order valence-corrected chi connectivity index (χ3v) is 3.22. The zero-order chi connectivity index (χ0) is 11.4. The molecule has 3 nitrogen and oxygen atoms in total. The molecule has 4 heteroatoms. The number of thioether (sulfide) groups is 1. The Hall–Kier alpha value is -1.68. The maximum absolute atomic E-state index is 9.15. The van der Waals surface area contributed by atoms with Crippen LogP contribution in [0.25, 0.3) is 0 Å². The summed E-state index contributed by atoms with van der Waals surface area (Å²) in [6.07, 6.45) is 1.68. The van der Waals surface area contributed by atoms with E-state index in [9.17, 15) is 0 Å². The Kier molecular flexibility index (Phi) is 3.31. The van der Waals surface area contributed by atoms with Crippen LogP contribution in [0.4, 0.5) is 5.82 Å². The lowest BCUT2D eigenvalue weighted by molar-refractivity contribution is 0.475. The quantitative estimate of drug-likeness (QED) is 0.799. The van der Waals surface area contributed by atoms with E-state index in [0.29, 0.717) is 5.82 Å². The number of pyridine rings is 1. The van der Waals surface area contributed by atoms with Crippen LogP contribution in [-0.4, -0.2) is 10.1 Å². The molecule has 0 radical (unpaired) electrons. The maximum Gasteiger partial charge on any atom is 0.127 e. The van der Waals surface area contributed by atoms with Crippen molar-refractivity contribution in [2.75, 3.05) is 5.73 Å². The highest BCUT2D eigenvalue weighted by Gasteiger charge is 2.00. The Bertz CT molecular complexity index is 471. The van der Waals surface area contributed by atoms with Gasteiger partial charge in [-0.05, 0) is 30.3 Å². The summed E-state index contributed by atoms with van der Waals surface area (Å²) in [7, 11) is 0. The lowest BCUT2D eigenvalue weighted by atomic mass is 10.3. The molecule has 0 aliphatic rings. The van der Waals surface area contributed by atoms with Crippen molar-refractivity contribution in [3.05, 3.63) is 48.2 Å². The summed E-state index contributed by atoms with van der Waals surface area (Å²) in [6.45, 7) is 0. The largest absolute Gasteiger partial charge is 0.508 e. The van der Waals surface area contributed by atoms with E-state index in [1.165, 1.54) is 0 Å². The summed E-state index contributed by atoms with van der Waals surface area (Å²) < 4.78 is 0. The van der Waals surface area contributed by atoms with Crippen LogP contribution in [0.5, 0.6) is 5.75 Å². The minimum absolute atomic E-state index is 0.283. The second-order valence-corrected chi connectivity index (χ2v) is 4.38. The number of nitrogen functional groups attached to an aromatic ring is 1. The molecule has 2 rings (SSSR count). The van der Waals surface area contributed by atoms with Crippen molar-refractivity contribution in [3.63, 3.8) is 0 Å². The van der Waals surface area contributed by atoms with Crippen molar-refractivity contribution in [2.45, 2.75) is 10.6 Å². The van der Waals surface area contributed by atoms with Crippen molar-refractivity contribution in [3.8, 4) is 5.75 Å². The van der Waals surface area contributed by atoms with E-state index in [-0.39, 0.29) is 5.75 Å². The summed E-state index contributed by atoms with van der Waals surface area (Å²) >= 11 is 1.67. The van der Waals surface area contributed by atoms with Gasteiger partial charge in [0, 0.05) is 22.4 Å². The smallest absolute Gasteiger partial charge is 0.127 e. The van der Waals surface area contributed by atoms with Gasteiger partial charge >= 0.3 is 0 Å². The molecule has 1 aromatic carbocycles. The predicted molar refractivity (Wildman–Crippen MR) is 66.3 cm³/mol. The van der Waals surface area contributed by atoms with E-state index in [1.807, 2.05) is 24.3 Å². The van der Waals surface area contributed by atoms with Crippen LogP contribution >= 0.6 is 11.8 Å². The van der Waals surface area contributed by atoms with Crippen LogP contribution < -0.4 is 5.73 Å². The van der Waals surface area contributed by atoms with Gasteiger partial charge in [0.25, 0.3) is 0 Å². The average Bonchev–Trinajstić information content (AvgIpc) is 2.30. The zero-order valence-corrected chi connectivity index (χ0v) is 9.45. The lowest BCUT2D eigenvalue weighted by Gasteiger charge is -2.04. The Morgan fingerprint density at radius 3 is 2.62 bits per heavy atom. The number of benzene rings is 1. The number of phenols is 1. The van der Waals surface area contributed by atoms with Crippen molar-refractivity contribution >= 4 is 17.6 Å². The van der Waals surface area contributed by atoms with Gasteiger partial charge in [-0.3, -0.25) is 0 Å². The molecule has 0 unspecified atom stereocenters. The van der Waals surface area contributed by atoms with Crippen LogP contribution in [0.3, 0.4) is 0 Å². The molecule has 0 amide bonds. The Labute approximate surface area is 98.3 Å². The molecule has 0 bridgehead atoms. The standard InChI is InChI=1S/C12H12N2OS/c13-12-9(2-1-7-14-12)8-16-11-5-3-10(15)4-6-11/h1-7,15H,8H2,(H2,13,14). The molecule has 0 fully saturated rings. The first-order chi connectivity index (χ1) is 7.75. The number of hydrogen-bond acceptors (Lipinski definition) is 4. The second kappa shape index (κ2) is 4.90. The van der Waals surface area contributed by atoms with Gasteiger partial charge in [-0.2, -0.15) is 0 Å². The van der Waals surface area contributed by atoms with Gasteiger partial charge in [-0.1, -0.05) is 6.07 Å². The zero-order valence-electron chi connectivity index (χ0n) is 8.63. The van der Waals surface area contributed by atoms with Crippen LogP contribution in [0.15, 0.2) is 47.5 Å². The Balaban J connectivity index is 2.02. The van der Waals surface area contributed by atoms with Crippen LogP contribution in [0.1, 0.15) is 5.56 Å². The van der Waals surface area contributed by atoms with Gasteiger partial charge in [-0.25, -0.2) is 4.98 Å². The first-order valence-electron chi connectivity index (χ1n) is 4.87. The molecule has 16 heavy (non-hydrogen) atoms. The molecule has 0 aliphatic heterocycles. The SMILES string of the molecule is Nc1ncccc1CSc1ccc(O)cc1. The third-order valence-electron chi connectivity index (χ3n) is 2.16. The fourth-order valence-corrected chi connectivity index (χ4v) is 2.17. The number of anilines is 1. The van der Waals surface area contributed by atoms with Crippen LogP contribution in [0, 0.1) is 0 Å².